The van der Waals surface area contributed by atoms with Crippen LogP contribution in [0.25, 0.3) is 0 Å². The number of thiol groups is 1. The first-order chi connectivity index (χ1) is 4.36. The van der Waals surface area contributed by atoms with Crippen molar-refractivity contribution in [3.8, 4) is 0 Å². The molecule has 0 unspecified atom stereocenters. The van der Waals surface area contributed by atoms with Crippen LogP contribution in [0.15, 0.2) is 9.64 Å². The van der Waals surface area contributed by atoms with E-state index in [2.05, 4.69) is 22.9 Å². The minimum absolute atomic E-state index is 0.474. The first-order valence-corrected chi connectivity index (χ1v) is 3.19. The summed E-state index contributed by atoms with van der Waals surface area (Å²) in [6, 6.07) is 0. The Morgan fingerprint density at radius 1 is 1.56 bits per heavy atom. The molecule has 0 bridgehead atoms. The van der Waals surface area contributed by atoms with E-state index < -0.39 is 0 Å². The molecule has 0 radical (unpaired) electrons. The first kappa shape index (κ1) is 5.32. The zero-order chi connectivity index (χ0) is 6.27. The highest BCUT2D eigenvalue weighted by Crippen LogP contribution is 2.17. The molecule has 1 N–H and O–H groups in total. The summed E-state index contributed by atoms with van der Waals surface area (Å²) in [5.41, 5.74) is 1.00. The Bertz CT molecular complexity index is 211. The topological polar surface area (TPSA) is 38.1 Å². The van der Waals surface area contributed by atoms with Gasteiger partial charge in [0.05, 0.1) is 12.2 Å². The van der Waals surface area contributed by atoms with Crippen LogP contribution in [0.1, 0.15) is 11.5 Å². The second-order valence-corrected chi connectivity index (χ2v) is 2.35. The van der Waals surface area contributed by atoms with E-state index in [-0.39, 0.29) is 0 Å². The summed E-state index contributed by atoms with van der Waals surface area (Å²) in [5.74, 6) is 0.931. The van der Waals surface area contributed by atoms with Crippen LogP contribution in [-0.4, -0.2) is 4.98 Å². The van der Waals surface area contributed by atoms with Crippen molar-refractivity contribution in [2.24, 2.45) is 0 Å². The van der Waals surface area contributed by atoms with Crippen LogP contribution in [0.4, 0.5) is 0 Å². The van der Waals surface area contributed by atoms with Crippen LogP contribution in [0.3, 0.4) is 0 Å². The van der Waals surface area contributed by atoms with Gasteiger partial charge in [-0.15, -0.1) is 0 Å². The van der Waals surface area contributed by atoms with Crippen LogP contribution in [0, 0.1) is 0 Å². The first-order valence-electron chi connectivity index (χ1n) is 2.74. The van der Waals surface area contributed by atoms with E-state index in [1.54, 1.807) is 0 Å². The van der Waals surface area contributed by atoms with Crippen LogP contribution in [0.2, 0.25) is 0 Å². The van der Waals surface area contributed by atoms with Crippen molar-refractivity contribution in [1.82, 2.24) is 10.3 Å². The Hall–Kier alpha value is -0.480. The van der Waals surface area contributed by atoms with E-state index in [1.807, 2.05) is 0 Å². The maximum absolute atomic E-state index is 5.12. The summed E-state index contributed by atoms with van der Waals surface area (Å²) in [4.78, 5) is 4.03. The predicted molar refractivity (Wildman–Crippen MR) is 34.3 cm³/mol. The molecule has 0 saturated heterocycles. The third kappa shape index (κ3) is 0.746. The molecule has 0 aliphatic carbocycles. The summed E-state index contributed by atoms with van der Waals surface area (Å²) in [7, 11) is 0. The minimum Gasteiger partial charge on any atom is -0.435 e. The lowest BCUT2D eigenvalue weighted by Crippen LogP contribution is -2.01. The van der Waals surface area contributed by atoms with Gasteiger partial charge in [-0.25, -0.2) is 4.98 Å². The maximum atomic E-state index is 5.12. The highest BCUT2D eigenvalue weighted by molar-refractivity contribution is 7.80. The molecular formula is C5H6N2OS. The third-order valence-corrected chi connectivity index (χ3v) is 1.54. The Balaban J connectivity index is 2.51. The van der Waals surface area contributed by atoms with Crippen molar-refractivity contribution < 1.29 is 4.42 Å². The van der Waals surface area contributed by atoms with E-state index in [0.717, 1.165) is 24.5 Å². The van der Waals surface area contributed by atoms with E-state index >= 15 is 0 Å². The van der Waals surface area contributed by atoms with Crippen molar-refractivity contribution in [1.29, 1.82) is 0 Å². The van der Waals surface area contributed by atoms with Crippen molar-refractivity contribution in [2.75, 3.05) is 0 Å². The number of hydrogen-bond acceptors (Lipinski definition) is 4. The molecule has 48 valence electrons. The summed E-state index contributed by atoms with van der Waals surface area (Å²) in [6.45, 7) is 1.61. The average Bonchev–Trinajstić information content (AvgIpc) is 2.22. The van der Waals surface area contributed by atoms with E-state index in [0.29, 0.717) is 5.22 Å². The van der Waals surface area contributed by atoms with Crippen LogP contribution >= 0.6 is 12.6 Å². The average molecular weight is 142 g/mol. The molecule has 0 aromatic carbocycles. The molecule has 1 aliphatic rings. The number of nitrogens with one attached hydrogen (secondary N) is 1. The summed E-state index contributed by atoms with van der Waals surface area (Å²) >= 11 is 3.96. The zero-order valence-electron chi connectivity index (χ0n) is 4.72. The molecule has 0 saturated carbocycles. The number of aromatic nitrogens is 1. The molecule has 1 aromatic rings. The van der Waals surface area contributed by atoms with Gasteiger partial charge >= 0.3 is 0 Å². The Morgan fingerprint density at radius 3 is 3.22 bits per heavy atom. The zero-order valence-corrected chi connectivity index (χ0v) is 5.61. The summed E-state index contributed by atoms with van der Waals surface area (Å²) in [5, 5.41) is 3.58. The van der Waals surface area contributed by atoms with Crippen LogP contribution in [0.5, 0.6) is 0 Å². The monoisotopic (exact) mass is 142 g/mol. The lowest BCUT2D eigenvalue weighted by atomic mass is 10.4. The van der Waals surface area contributed by atoms with Gasteiger partial charge in [0, 0.05) is 6.54 Å². The predicted octanol–water partition coefficient (Wildman–Crippen LogP) is 0.567. The fourth-order valence-electron chi connectivity index (χ4n) is 0.940. The number of hydrogen-bond donors (Lipinski definition) is 2. The molecule has 0 amide bonds. The molecule has 0 spiro atoms. The van der Waals surface area contributed by atoms with Gasteiger partial charge in [-0.1, -0.05) is 12.6 Å². The van der Waals surface area contributed by atoms with Crippen molar-refractivity contribution in [3.05, 3.63) is 11.5 Å². The highest BCUT2D eigenvalue weighted by Gasteiger charge is 2.15. The van der Waals surface area contributed by atoms with Gasteiger partial charge in [-0.3, -0.25) is 0 Å². The van der Waals surface area contributed by atoms with Crippen LogP contribution < -0.4 is 5.32 Å². The molecule has 1 aliphatic heterocycles. The van der Waals surface area contributed by atoms with Gasteiger partial charge in [-0.2, -0.15) is 0 Å². The van der Waals surface area contributed by atoms with Gasteiger partial charge in [0.25, 0.3) is 5.22 Å². The molecule has 0 atom stereocenters. The molecule has 2 heterocycles. The third-order valence-electron chi connectivity index (χ3n) is 1.34. The molecule has 9 heavy (non-hydrogen) atoms. The molecule has 2 rings (SSSR count). The Morgan fingerprint density at radius 2 is 2.44 bits per heavy atom. The number of rotatable bonds is 0. The molecule has 3 nitrogen and oxygen atoms in total. The minimum atomic E-state index is 0.474. The quantitative estimate of drug-likeness (QED) is 0.520. The van der Waals surface area contributed by atoms with Crippen molar-refractivity contribution in [3.63, 3.8) is 0 Å². The number of fused-ring (bicyclic) bond motifs is 1. The van der Waals surface area contributed by atoms with Gasteiger partial charge in [0.2, 0.25) is 0 Å². The van der Waals surface area contributed by atoms with Gasteiger partial charge in [0.15, 0.2) is 0 Å². The van der Waals surface area contributed by atoms with Gasteiger partial charge < -0.3 is 9.73 Å². The largest absolute Gasteiger partial charge is 0.435 e. The molecular weight excluding hydrogens is 136 g/mol. The van der Waals surface area contributed by atoms with Gasteiger partial charge in [0.1, 0.15) is 5.76 Å². The van der Waals surface area contributed by atoms with Crippen molar-refractivity contribution in [2.45, 2.75) is 18.3 Å². The summed E-state index contributed by atoms with van der Waals surface area (Å²) < 4.78 is 5.12. The number of nitrogens with zero attached hydrogens (tertiary/aromatic N) is 1. The van der Waals surface area contributed by atoms with Crippen LogP contribution in [-0.2, 0) is 13.1 Å². The molecule has 1 aromatic heterocycles. The fraction of sp³-hybridized carbons (Fsp3) is 0.400. The smallest absolute Gasteiger partial charge is 0.252 e. The lowest BCUT2D eigenvalue weighted by Gasteiger charge is -1.84. The highest BCUT2D eigenvalue weighted by atomic mass is 32.1. The lowest BCUT2D eigenvalue weighted by molar-refractivity contribution is 0.413. The SMILES string of the molecule is Sc1nc2c(o1)CNC2. The normalized spacial score (nSPS) is 16.1. The molecule has 0 fully saturated rings. The van der Waals surface area contributed by atoms with E-state index in [9.17, 15) is 0 Å². The number of oxazole rings is 1. The standard InChI is InChI=1S/C5H6N2OS/c9-5-7-3-1-6-2-4(3)8-5/h6H,1-2H2,(H,7,9). The van der Waals surface area contributed by atoms with Gasteiger partial charge in [-0.05, 0) is 0 Å². The van der Waals surface area contributed by atoms with Crippen molar-refractivity contribution >= 4 is 12.6 Å². The van der Waals surface area contributed by atoms with E-state index in [4.69, 9.17) is 4.42 Å². The fourth-order valence-corrected chi connectivity index (χ4v) is 1.17. The second kappa shape index (κ2) is 1.75. The van der Waals surface area contributed by atoms with E-state index in [1.165, 1.54) is 0 Å². The summed E-state index contributed by atoms with van der Waals surface area (Å²) in [6.07, 6.45) is 0. The molecule has 4 heteroatoms. The Labute approximate surface area is 57.9 Å². The second-order valence-electron chi connectivity index (χ2n) is 1.97. The Kier molecular flexibility index (Phi) is 1.03. The maximum Gasteiger partial charge on any atom is 0.252 e.